The van der Waals surface area contributed by atoms with Gasteiger partial charge in [0.25, 0.3) is 0 Å². The van der Waals surface area contributed by atoms with Crippen LogP contribution in [0.4, 0.5) is 0 Å². The lowest BCUT2D eigenvalue weighted by Gasteiger charge is -2.65. The Morgan fingerprint density at radius 3 is 2.58 bits per heavy atom. The predicted molar refractivity (Wildman–Crippen MR) is 96.2 cm³/mol. The molecule has 8 atom stereocenters. The van der Waals surface area contributed by atoms with E-state index >= 15 is 0 Å². The Morgan fingerprint density at radius 1 is 1.21 bits per heavy atom. The van der Waals surface area contributed by atoms with Crippen LogP contribution in [0.3, 0.4) is 0 Å². The summed E-state index contributed by atoms with van der Waals surface area (Å²) in [6.07, 6.45) is 8.85. The molecule has 136 valence electrons. The van der Waals surface area contributed by atoms with Crippen molar-refractivity contribution in [3.63, 3.8) is 0 Å². The summed E-state index contributed by atoms with van der Waals surface area (Å²) < 4.78 is 0. The van der Waals surface area contributed by atoms with E-state index in [-0.39, 0.29) is 39.9 Å². The van der Waals surface area contributed by atoms with Gasteiger partial charge in [0, 0.05) is 17.9 Å². The molecule has 4 fully saturated rings. The molecule has 1 aliphatic heterocycles. The van der Waals surface area contributed by atoms with Gasteiger partial charge in [-0.1, -0.05) is 40.2 Å². The predicted octanol–water partition coefficient (Wildman–Crippen LogP) is 4.17. The van der Waals surface area contributed by atoms with Gasteiger partial charge in [0.2, 0.25) is 0 Å². The van der Waals surface area contributed by atoms with Crippen LogP contribution in [-0.2, 0) is 4.84 Å². The van der Waals surface area contributed by atoms with Crippen LogP contribution in [0.25, 0.3) is 0 Å². The molecule has 1 spiro atoms. The smallest absolute Gasteiger partial charge is 0.0877 e. The quantitative estimate of drug-likeness (QED) is 0.731. The van der Waals surface area contributed by atoms with E-state index in [1.54, 1.807) is 0 Å². The third-order valence-electron chi connectivity index (χ3n) is 9.53. The lowest BCUT2D eigenvalue weighted by Crippen LogP contribution is -2.70. The molecule has 3 aliphatic carbocycles. The van der Waals surface area contributed by atoms with Crippen LogP contribution in [0.15, 0.2) is 12.7 Å². The lowest BCUT2D eigenvalue weighted by molar-refractivity contribution is -0.213. The molecule has 4 rings (SSSR count). The first-order valence-corrected chi connectivity index (χ1v) is 9.92. The normalized spacial score (nSPS) is 60.4. The highest BCUT2D eigenvalue weighted by Crippen LogP contribution is 2.75. The number of hydroxylamine groups is 2. The number of aliphatic hydroxyl groups excluding tert-OH is 1. The van der Waals surface area contributed by atoms with Gasteiger partial charge in [-0.15, -0.1) is 6.58 Å². The minimum absolute atomic E-state index is 0.0746. The van der Waals surface area contributed by atoms with Gasteiger partial charge in [-0.3, -0.25) is 4.84 Å². The first-order valence-electron chi connectivity index (χ1n) is 9.92. The zero-order valence-corrected chi connectivity index (χ0v) is 16.1. The molecule has 24 heavy (non-hydrogen) atoms. The van der Waals surface area contributed by atoms with E-state index in [0.29, 0.717) is 5.92 Å². The molecule has 0 aromatic heterocycles. The van der Waals surface area contributed by atoms with Crippen molar-refractivity contribution in [2.45, 2.75) is 84.0 Å². The highest BCUT2D eigenvalue weighted by Gasteiger charge is 2.78. The molecule has 1 N–H and O–H groups in total. The minimum Gasteiger partial charge on any atom is -0.392 e. The van der Waals surface area contributed by atoms with Crippen molar-refractivity contribution in [3.8, 4) is 0 Å². The first kappa shape index (κ1) is 17.1. The summed E-state index contributed by atoms with van der Waals surface area (Å²) in [5.41, 5.74) is 0.0948. The van der Waals surface area contributed by atoms with Crippen LogP contribution in [0, 0.1) is 28.1 Å². The molecular formula is C21H35NO2. The minimum atomic E-state index is -0.344. The largest absolute Gasteiger partial charge is 0.392 e. The summed E-state index contributed by atoms with van der Waals surface area (Å²) in [6, 6.07) is 0. The van der Waals surface area contributed by atoms with Gasteiger partial charge in [0.15, 0.2) is 0 Å². The zero-order valence-electron chi connectivity index (χ0n) is 16.1. The fourth-order valence-corrected chi connectivity index (χ4v) is 7.90. The Hall–Kier alpha value is -0.380. The van der Waals surface area contributed by atoms with Crippen LogP contribution in [0.5, 0.6) is 0 Å². The molecule has 4 aliphatic rings. The summed E-state index contributed by atoms with van der Waals surface area (Å²) in [4.78, 5) is 6.60. The van der Waals surface area contributed by atoms with Gasteiger partial charge in [0.1, 0.15) is 0 Å². The average molecular weight is 334 g/mol. The molecule has 0 radical (unpaired) electrons. The Morgan fingerprint density at radius 2 is 1.92 bits per heavy atom. The Balaban J connectivity index is 1.99. The second-order valence-corrected chi connectivity index (χ2v) is 9.83. The van der Waals surface area contributed by atoms with Crippen molar-refractivity contribution in [2.75, 3.05) is 7.05 Å². The average Bonchev–Trinajstić information content (AvgIpc) is 3.06. The van der Waals surface area contributed by atoms with Crippen molar-refractivity contribution in [2.24, 2.45) is 28.1 Å². The zero-order chi connectivity index (χ0) is 17.5. The molecule has 3 nitrogen and oxygen atoms in total. The van der Waals surface area contributed by atoms with Crippen molar-refractivity contribution >= 4 is 0 Å². The molecule has 0 amide bonds. The van der Waals surface area contributed by atoms with E-state index in [0.717, 1.165) is 6.42 Å². The summed E-state index contributed by atoms with van der Waals surface area (Å²) >= 11 is 0. The number of hydrogen-bond acceptors (Lipinski definition) is 3. The fourth-order valence-electron chi connectivity index (χ4n) is 7.90. The third-order valence-corrected chi connectivity index (χ3v) is 9.53. The fraction of sp³-hybridized carbons (Fsp3) is 0.905. The third kappa shape index (κ3) is 1.53. The van der Waals surface area contributed by atoms with Crippen molar-refractivity contribution in [1.82, 2.24) is 5.06 Å². The molecule has 3 unspecified atom stereocenters. The topological polar surface area (TPSA) is 32.7 Å². The van der Waals surface area contributed by atoms with Crippen LogP contribution < -0.4 is 0 Å². The van der Waals surface area contributed by atoms with Crippen LogP contribution in [0.2, 0.25) is 0 Å². The number of aliphatic hydroxyl groups is 1. The molecule has 4 bridgehead atoms. The summed E-state index contributed by atoms with van der Waals surface area (Å²) in [5, 5.41) is 13.7. The Bertz CT molecular complexity index is 564. The van der Waals surface area contributed by atoms with E-state index in [1.807, 2.05) is 6.08 Å². The highest BCUT2D eigenvalue weighted by atomic mass is 16.7. The molecule has 3 heteroatoms. The van der Waals surface area contributed by atoms with Crippen molar-refractivity contribution in [3.05, 3.63) is 12.7 Å². The van der Waals surface area contributed by atoms with Crippen LogP contribution in [0.1, 0.15) is 66.2 Å². The molecule has 1 heterocycles. The van der Waals surface area contributed by atoms with Gasteiger partial charge in [0.05, 0.1) is 17.7 Å². The molecular weight excluding hydrogens is 298 g/mol. The van der Waals surface area contributed by atoms with Gasteiger partial charge in [-0.25, -0.2) is 0 Å². The maximum Gasteiger partial charge on any atom is 0.0877 e. The summed E-state index contributed by atoms with van der Waals surface area (Å²) in [6.45, 7) is 13.5. The first-order chi connectivity index (χ1) is 11.2. The van der Waals surface area contributed by atoms with Crippen molar-refractivity contribution in [1.29, 1.82) is 0 Å². The highest BCUT2D eigenvalue weighted by molar-refractivity contribution is 5.27. The number of rotatable bonds is 1. The molecule has 0 aromatic rings. The molecule has 0 aromatic carbocycles. The van der Waals surface area contributed by atoms with Crippen molar-refractivity contribution < 1.29 is 9.94 Å². The van der Waals surface area contributed by atoms with E-state index in [1.165, 1.54) is 32.1 Å². The van der Waals surface area contributed by atoms with E-state index in [4.69, 9.17) is 4.84 Å². The Kier molecular flexibility index (Phi) is 3.46. The lowest BCUT2D eigenvalue weighted by atomic mass is 9.41. The summed E-state index contributed by atoms with van der Waals surface area (Å²) in [7, 11) is 2.17. The van der Waals surface area contributed by atoms with E-state index < -0.39 is 0 Å². The van der Waals surface area contributed by atoms with Gasteiger partial charge in [-0.2, -0.15) is 5.06 Å². The second-order valence-electron chi connectivity index (χ2n) is 9.83. The number of nitrogens with zero attached hydrogens (tertiary/aromatic N) is 1. The molecule has 1 saturated heterocycles. The van der Waals surface area contributed by atoms with Gasteiger partial charge in [-0.05, 0) is 49.4 Å². The SMILES string of the molecule is C=C[C@]1(C)C[C@H]2ON(C)[C@@]34CCCC3(CCC(C)C24C)[C@@H](C)[C@@H]1O. The van der Waals surface area contributed by atoms with E-state index in [2.05, 4.69) is 46.4 Å². The van der Waals surface area contributed by atoms with E-state index in [9.17, 15) is 5.11 Å². The molecule has 3 saturated carbocycles. The standard InChI is InChI=1S/C21H35NO2/c1-7-18(4)13-16-19(5)14(2)9-12-20(15(3)17(18)23)10-8-11-21(19,20)22(6)24-16/h7,14-17,23H,1,8-13H2,2-6H3/t14?,15-,16+,17-,18+,19?,20?,21+/m0/s1. The van der Waals surface area contributed by atoms with Gasteiger partial charge < -0.3 is 5.11 Å². The van der Waals surface area contributed by atoms with Crippen LogP contribution >= 0.6 is 0 Å². The summed E-state index contributed by atoms with van der Waals surface area (Å²) in [5.74, 6) is 0.912. The van der Waals surface area contributed by atoms with Gasteiger partial charge >= 0.3 is 0 Å². The monoisotopic (exact) mass is 333 g/mol. The number of hydrogen-bond donors (Lipinski definition) is 1. The maximum absolute atomic E-state index is 11.4. The second kappa shape index (κ2) is 4.86. The Labute approximate surface area is 147 Å². The maximum atomic E-state index is 11.4. The van der Waals surface area contributed by atoms with Crippen LogP contribution in [-0.4, -0.2) is 35.0 Å².